The zero-order chi connectivity index (χ0) is 8.53. The first-order valence-corrected chi connectivity index (χ1v) is 3.16. The maximum absolute atomic E-state index is 10.5. The van der Waals surface area contributed by atoms with Crippen molar-refractivity contribution in [3.05, 3.63) is 12.7 Å². The topological polar surface area (TPSA) is 62.1 Å². The van der Waals surface area contributed by atoms with Crippen LogP contribution in [0.2, 0.25) is 0 Å². The minimum atomic E-state index is -0.276. The normalized spacial score (nSPS) is 8.27. The molecule has 0 aromatic heterocycles. The molecular formula is C7H10N2O2. The number of nitrogens with zero attached hydrogens (tertiary/aromatic N) is 1. The minimum Gasteiger partial charge on any atom is -0.360 e. The first kappa shape index (κ1) is 9.66. The molecule has 11 heavy (non-hydrogen) atoms. The third-order valence-electron chi connectivity index (χ3n) is 0.892. The van der Waals surface area contributed by atoms with Crippen molar-refractivity contribution < 1.29 is 9.53 Å². The van der Waals surface area contributed by atoms with E-state index in [0.717, 1.165) is 6.08 Å². The Morgan fingerprint density at radius 2 is 2.55 bits per heavy atom. The van der Waals surface area contributed by atoms with Crippen LogP contribution >= 0.6 is 0 Å². The largest absolute Gasteiger partial charge is 0.360 e. The molecule has 0 bridgehead atoms. The summed E-state index contributed by atoms with van der Waals surface area (Å²) in [5, 5.41) is 10.5. The zero-order valence-corrected chi connectivity index (χ0v) is 6.17. The highest BCUT2D eigenvalue weighted by atomic mass is 16.5. The van der Waals surface area contributed by atoms with Crippen molar-refractivity contribution in [2.24, 2.45) is 0 Å². The van der Waals surface area contributed by atoms with Gasteiger partial charge in [0.1, 0.15) is 6.73 Å². The molecule has 1 amide bonds. The number of carbonyl (C=O) groups is 1. The van der Waals surface area contributed by atoms with E-state index in [1.54, 1.807) is 0 Å². The maximum Gasteiger partial charge on any atom is 0.245 e. The standard InChI is InChI=1S/C7H10N2O2/c1-2-7(10)9-6-11-5-3-4-8/h2H,1,3,5-6H2,(H,9,10). The molecular weight excluding hydrogens is 144 g/mol. The second kappa shape index (κ2) is 6.78. The lowest BCUT2D eigenvalue weighted by atomic mass is 10.5. The van der Waals surface area contributed by atoms with E-state index in [9.17, 15) is 4.79 Å². The highest BCUT2D eigenvalue weighted by molar-refractivity contribution is 5.86. The van der Waals surface area contributed by atoms with E-state index in [0.29, 0.717) is 13.0 Å². The number of amides is 1. The summed E-state index contributed by atoms with van der Waals surface area (Å²) in [6.07, 6.45) is 1.50. The lowest BCUT2D eigenvalue weighted by molar-refractivity contribution is -0.118. The van der Waals surface area contributed by atoms with Crippen LogP contribution in [0.5, 0.6) is 0 Å². The number of nitriles is 1. The molecule has 0 fully saturated rings. The van der Waals surface area contributed by atoms with E-state index in [1.807, 2.05) is 6.07 Å². The van der Waals surface area contributed by atoms with Gasteiger partial charge in [-0.3, -0.25) is 4.79 Å². The zero-order valence-electron chi connectivity index (χ0n) is 6.17. The van der Waals surface area contributed by atoms with Crippen LogP contribution in [0.25, 0.3) is 0 Å². The van der Waals surface area contributed by atoms with Gasteiger partial charge in [0, 0.05) is 0 Å². The Morgan fingerprint density at radius 1 is 1.82 bits per heavy atom. The van der Waals surface area contributed by atoms with Crippen molar-refractivity contribution >= 4 is 5.91 Å². The Morgan fingerprint density at radius 3 is 3.09 bits per heavy atom. The summed E-state index contributed by atoms with van der Waals surface area (Å²) < 4.78 is 4.84. The van der Waals surface area contributed by atoms with Crippen LogP contribution in [0.15, 0.2) is 12.7 Å². The molecule has 0 rings (SSSR count). The lowest BCUT2D eigenvalue weighted by Gasteiger charge is -2.00. The Bertz CT molecular complexity index is 172. The first-order valence-electron chi connectivity index (χ1n) is 3.16. The third kappa shape index (κ3) is 6.55. The summed E-state index contributed by atoms with van der Waals surface area (Å²) in [7, 11) is 0. The summed E-state index contributed by atoms with van der Waals surface area (Å²) in [5.41, 5.74) is 0. The molecule has 0 spiro atoms. The quantitative estimate of drug-likeness (QED) is 0.349. The molecule has 0 aromatic carbocycles. The van der Waals surface area contributed by atoms with Crippen LogP contribution in [0.4, 0.5) is 0 Å². The van der Waals surface area contributed by atoms with Gasteiger partial charge in [-0.25, -0.2) is 0 Å². The molecule has 0 aromatic rings. The predicted molar refractivity (Wildman–Crippen MR) is 39.4 cm³/mol. The van der Waals surface area contributed by atoms with E-state index in [4.69, 9.17) is 10.00 Å². The molecule has 0 heterocycles. The molecule has 0 saturated heterocycles. The van der Waals surface area contributed by atoms with Gasteiger partial charge in [0.05, 0.1) is 19.1 Å². The fourth-order valence-electron chi connectivity index (χ4n) is 0.384. The van der Waals surface area contributed by atoms with Gasteiger partial charge >= 0.3 is 0 Å². The summed E-state index contributed by atoms with van der Waals surface area (Å²) >= 11 is 0. The molecule has 60 valence electrons. The second-order valence-electron chi connectivity index (χ2n) is 1.71. The van der Waals surface area contributed by atoms with E-state index in [-0.39, 0.29) is 12.6 Å². The maximum atomic E-state index is 10.5. The number of carbonyl (C=O) groups excluding carboxylic acids is 1. The van der Waals surface area contributed by atoms with Crippen molar-refractivity contribution in [3.63, 3.8) is 0 Å². The number of nitrogens with one attached hydrogen (secondary N) is 1. The van der Waals surface area contributed by atoms with Crippen molar-refractivity contribution in [2.45, 2.75) is 6.42 Å². The molecule has 0 saturated carbocycles. The highest BCUT2D eigenvalue weighted by Gasteiger charge is 1.90. The Kier molecular flexibility index (Phi) is 5.95. The Hall–Kier alpha value is -1.34. The summed E-state index contributed by atoms with van der Waals surface area (Å²) in [5.74, 6) is -0.276. The molecule has 1 N–H and O–H groups in total. The van der Waals surface area contributed by atoms with Gasteiger partial charge in [-0.2, -0.15) is 5.26 Å². The van der Waals surface area contributed by atoms with Crippen LogP contribution < -0.4 is 5.32 Å². The number of hydrogen-bond donors (Lipinski definition) is 1. The van der Waals surface area contributed by atoms with Crippen molar-refractivity contribution in [3.8, 4) is 6.07 Å². The van der Waals surface area contributed by atoms with Gasteiger partial charge in [0.15, 0.2) is 0 Å². The lowest BCUT2D eigenvalue weighted by Crippen LogP contribution is -2.23. The van der Waals surface area contributed by atoms with Crippen LogP contribution in [0.1, 0.15) is 6.42 Å². The van der Waals surface area contributed by atoms with Crippen LogP contribution in [-0.2, 0) is 9.53 Å². The van der Waals surface area contributed by atoms with Crippen molar-refractivity contribution in [2.75, 3.05) is 13.3 Å². The van der Waals surface area contributed by atoms with Gasteiger partial charge in [-0.1, -0.05) is 6.58 Å². The van der Waals surface area contributed by atoms with Gasteiger partial charge in [0.25, 0.3) is 0 Å². The molecule has 0 aliphatic rings. The fraction of sp³-hybridized carbons (Fsp3) is 0.429. The van der Waals surface area contributed by atoms with Crippen molar-refractivity contribution in [1.82, 2.24) is 5.32 Å². The number of rotatable bonds is 5. The average Bonchev–Trinajstić information content (AvgIpc) is 2.04. The Labute approximate surface area is 65.5 Å². The Balaban J connectivity index is 3.09. The van der Waals surface area contributed by atoms with Crippen LogP contribution in [0.3, 0.4) is 0 Å². The molecule has 0 radical (unpaired) electrons. The smallest absolute Gasteiger partial charge is 0.245 e. The van der Waals surface area contributed by atoms with Gasteiger partial charge < -0.3 is 10.1 Å². The first-order chi connectivity index (χ1) is 5.31. The molecule has 0 unspecified atom stereocenters. The predicted octanol–water partition coefficient (Wildman–Crippen LogP) is 0.176. The second-order valence-corrected chi connectivity index (χ2v) is 1.71. The van der Waals surface area contributed by atoms with E-state index < -0.39 is 0 Å². The monoisotopic (exact) mass is 154 g/mol. The molecule has 0 atom stereocenters. The van der Waals surface area contributed by atoms with Crippen LogP contribution in [0, 0.1) is 11.3 Å². The van der Waals surface area contributed by atoms with Gasteiger partial charge in [0.2, 0.25) is 5.91 Å². The van der Waals surface area contributed by atoms with E-state index >= 15 is 0 Å². The molecule has 4 nitrogen and oxygen atoms in total. The van der Waals surface area contributed by atoms with E-state index in [2.05, 4.69) is 11.9 Å². The number of ether oxygens (including phenoxy) is 1. The minimum absolute atomic E-state index is 0.131. The van der Waals surface area contributed by atoms with Crippen molar-refractivity contribution in [1.29, 1.82) is 5.26 Å². The van der Waals surface area contributed by atoms with Gasteiger partial charge in [-0.15, -0.1) is 0 Å². The molecule has 0 aliphatic carbocycles. The summed E-state index contributed by atoms with van der Waals surface area (Å²) in [6.45, 7) is 3.73. The average molecular weight is 154 g/mol. The van der Waals surface area contributed by atoms with Crippen LogP contribution in [-0.4, -0.2) is 19.2 Å². The van der Waals surface area contributed by atoms with E-state index in [1.165, 1.54) is 0 Å². The summed E-state index contributed by atoms with van der Waals surface area (Å²) in [4.78, 5) is 10.5. The number of hydrogen-bond acceptors (Lipinski definition) is 3. The highest BCUT2D eigenvalue weighted by Crippen LogP contribution is 1.77. The third-order valence-corrected chi connectivity index (χ3v) is 0.892. The molecule has 0 aliphatic heterocycles. The SMILES string of the molecule is C=CC(=O)NCOCCC#N. The summed E-state index contributed by atoms with van der Waals surface area (Å²) in [6, 6.07) is 1.91. The molecule has 4 heteroatoms. The fourth-order valence-corrected chi connectivity index (χ4v) is 0.384. The van der Waals surface area contributed by atoms with Gasteiger partial charge in [-0.05, 0) is 6.08 Å².